The zero-order valence-electron chi connectivity index (χ0n) is 10.2. The topological polar surface area (TPSA) is 18.5 Å². The second-order valence-electron chi connectivity index (χ2n) is 4.41. The van der Waals surface area contributed by atoms with E-state index in [1.54, 1.807) is 0 Å². The Kier molecular flexibility index (Phi) is 5.20. The summed E-state index contributed by atoms with van der Waals surface area (Å²) in [4.78, 5) is 0. The first kappa shape index (κ1) is 12.8. The van der Waals surface area contributed by atoms with Gasteiger partial charge in [-0.15, -0.1) is 0 Å². The predicted molar refractivity (Wildman–Crippen MR) is 74.0 cm³/mol. The highest BCUT2D eigenvalue weighted by Crippen LogP contribution is 2.19. The normalized spacial score (nSPS) is 20.2. The summed E-state index contributed by atoms with van der Waals surface area (Å²) in [6.45, 7) is 0.827. The van der Waals surface area contributed by atoms with Gasteiger partial charge in [-0.05, 0) is 56.0 Å². The number of aryl methyl sites for hydroxylation is 1. The van der Waals surface area contributed by atoms with Gasteiger partial charge in [-0.25, -0.2) is 0 Å². The number of hydrogen-bond donors (Lipinski definition) is 0. The molecule has 1 aliphatic rings. The molecule has 1 aromatic carbocycles. The fourth-order valence-electron chi connectivity index (χ4n) is 1.98. The molecular weight excluding hydrogens is 232 g/mol. The SMILES string of the molecule is [SH2+]CCCc1ccc(OC2CCCCO2)cc1. The van der Waals surface area contributed by atoms with Crippen LogP contribution < -0.4 is 4.74 Å². The molecule has 1 aliphatic heterocycles. The molecule has 1 unspecified atom stereocenters. The molecule has 0 spiro atoms. The van der Waals surface area contributed by atoms with Crippen LogP contribution in [0.1, 0.15) is 31.2 Å². The minimum Gasteiger partial charge on any atom is -0.465 e. The zero-order valence-corrected chi connectivity index (χ0v) is 11.2. The van der Waals surface area contributed by atoms with Crippen molar-refractivity contribution < 1.29 is 9.47 Å². The van der Waals surface area contributed by atoms with E-state index in [1.807, 2.05) is 12.1 Å². The standard InChI is InChI=1S/C14H20O2S/c17-11-3-4-12-6-8-13(9-7-12)16-14-5-1-2-10-15-14/h6-9,14,17H,1-5,10-11H2/p+1. The van der Waals surface area contributed by atoms with Gasteiger partial charge in [0.2, 0.25) is 0 Å². The average molecular weight is 253 g/mol. The second kappa shape index (κ2) is 6.92. The van der Waals surface area contributed by atoms with E-state index in [-0.39, 0.29) is 6.29 Å². The van der Waals surface area contributed by atoms with Crippen molar-refractivity contribution in [2.24, 2.45) is 0 Å². The largest absolute Gasteiger partial charge is 0.465 e. The van der Waals surface area contributed by atoms with Crippen molar-refractivity contribution in [3.05, 3.63) is 29.8 Å². The Morgan fingerprint density at radius 3 is 2.71 bits per heavy atom. The maximum Gasteiger partial charge on any atom is 0.199 e. The van der Waals surface area contributed by atoms with Gasteiger partial charge < -0.3 is 9.47 Å². The Labute approximate surface area is 109 Å². The maximum atomic E-state index is 5.78. The van der Waals surface area contributed by atoms with Crippen LogP contribution in [0.4, 0.5) is 0 Å². The lowest BCUT2D eigenvalue weighted by Gasteiger charge is -2.23. The van der Waals surface area contributed by atoms with Crippen LogP contribution in [0.25, 0.3) is 0 Å². The van der Waals surface area contributed by atoms with Gasteiger partial charge in [-0.1, -0.05) is 12.1 Å². The quantitative estimate of drug-likeness (QED) is 0.751. The van der Waals surface area contributed by atoms with Gasteiger partial charge in [-0.2, -0.15) is 0 Å². The van der Waals surface area contributed by atoms with Crippen molar-refractivity contribution in [1.29, 1.82) is 0 Å². The third kappa shape index (κ3) is 4.25. The van der Waals surface area contributed by atoms with E-state index in [0.717, 1.165) is 37.4 Å². The van der Waals surface area contributed by atoms with E-state index in [4.69, 9.17) is 9.47 Å². The molecule has 2 nitrogen and oxygen atoms in total. The summed E-state index contributed by atoms with van der Waals surface area (Å²) >= 11 is 3.49. The first-order valence-electron chi connectivity index (χ1n) is 6.40. The van der Waals surface area contributed by atoms with E-state index in [1.165, 1.54) is 18.4 Å². The Hall–Kier alpha value is -0.670. The highest BCUT2D eigenvalue weighted by Gasteiger charge is 2.14. The van der Waals surface area contributed by atoms with Gasteiger partial charge >= 0.3 is 0 Å². The lowest BCUT2D eigenvalue weighted by Crippen LogP contribution is -2.24. The van der Waals surface area contributed by atoms with E-state index in [9.17, 15) is 0 Å². The summed E-state index contributed by atoms with van der Waals surface area (Å²) < 4.78 is 11.3. The molecule has 0 radical (unpaired) electrons. The molecule has 0 saturated carbocycles. The van der Waals surface area contributed by atoms with Gasteiger partial charge in [0, 0.05) is 6.42 Å². The zero-order chi connectivity index (χ0) is 11.9. The highest BCUT2D eigenvalue weighted by molar-refractivity contribution is 7.58. The number of benzene rings is 1. The second-order valence-corrected chi connectivity index (χ2v) is 4.91. The molecule has 1 aromatic rings. The molecule has 1 atom stereocenters. The molecule has 0 amide bonds. The molecule has 0 bridgehead atoms. The van der Waals surface area contributed by atoms with Crippen LogP contribution in [0.5, 0.6) is 5.75 Å². The molecule has 0 aliphatic carbocycles. The van der Waals surface area contributed by atoms with Gasteiger partial charge in [0.05, 0.1) is 6.61 Å². The molecule has 3 heteroatoms. The molecular formula is C14H21O2S+. The lowest BCUT2D eigenvalue weighted by atomic mass is 10.1. The van der Waals surface area contributed by atoms with E-state index < -0.39 is 0 Å². The van der Waals surface area contributed by atoms with Crippen LogP contribution in [0.3, 0.4) is 0 Å². The molecule has 17 heavy (non-hydrogen) atoms. The summed E-state index contributed by atoms with van der Waals surface area (Å²) in [5.41, 5.74) is 1.36. The van der Waals surface area contributed by atoms with Gasteiger partial charge in [0.25, 0.3) is 0 Å². The summed E-state index contributed by atoms with van der Waals surface area (Å²) in [6, 6.07) is 8.36. The Balaban J connectivity index is 1.84. The van der Waals surface area contributed by atoms with Crippen LogP contribution in [0.15, 0.2) is 24.3 Å². The van der Waals surface area contributed by atoms with Crippen molar-refractivity contribution in [2.75, 3.05) is 12.4 Å². The van der Waals surface area contributed by atoms with Gasteiger partial charge in [0.1, 0.15) is 11.5 Å². The van der Waals surface area contributed by atoms with Crippen molar-refractivity contribution in [2.45, 2.75) is 38.4 Å². The molecule has 2 rings (SSSR count). The molecule has 1 heterocycles. The van der Waals surface area contributed by atoms with Crippen molar-refractivity contribution in [3.63, 3.8) is 0 Å². The van der Waals surface area contributed by atoms with E-state index in [2.05, 4.69) is 24.8 Å². The fraction of sp³-hybridized carbons (Fsp3) is 0.571. The van der Waals surface area contributed by atoms with Crippen molar-refractivity contribution in [1.82, 2.24) is 0 Å². The third-order valence-electron chi connectivity index (χ3n) is 2.97. The monoisotopic (exact) mass is 253 g/mol. The Bertz CT molecular complexity index is 317. The van der Waals surface area contributed by atoms with Crippen LogP contribution in [-0.4, -0.2) is 18.6 Å². The fourth-order valence-corrected chi connectivity index (χ4v) is 2.16. The summed E-state index contributed by atoms with van der Waals surface area (Å²) in [5.74, 6) is 1.97. The van der Waals surface area contributed by atoms with Crippen molar-refractivity contribution >= 4 is 12.6 Å². The third-order valence-corrected chi connectivity index (χ3v) is 3.32. The number of ether oxygens (including phenoxy) is 2. The number of hydrogen-bond acceptors (Lipinski definition) is 2. The predicted octanol–water partition coefficient (Wildman–Crippen LogP) is 2.54. The minimum atomic E-state index is -0.0446. The molecule has 1 saturated heterocycles. The van der Waals surface area contributed by atoms with Gasteiger partial charge in [0.15, 0.2) is 6.29 Å². The Morgan fingerprint density at radius 1 is 1.24 bits per heavy atom. The van der Waals surface area contributed by atoms with Crippen LogP contribution in [0.2, 0.25) is 0 Å². The summed E-state index contributed by atoms with van der Waals surface area (Å²) in [5, 5.41) is 0. The van der Waals surface area contributed by atoms with Crippen LogP contribution in [-0.2, 0) is 23.8 Å². The Morgan fingerprint density at radius 2 is 2.06 bits per heavy atom. The molecule has 94 valence electrons. The smallest absolute Gasteiger partial charge is 0.199 e. The first-order valence-corrected chi connectivity index (χ1v) is 7.11. The van der Waals surface area contributed by atoms with Gasteiger partial charge in [-0.3, -0.25) is 0 Å². The first-order chi connectivity index (χ1) is 8.38. The summed E-state index contributed by atoms with van der Waals surface area (Å²) in [6.07, 6.45) is 5.60. The molecule has 0 aromatic heterocycles. The lowest BCUT2D eigenvalue weighted by molar-refractivity contribution is -0.105. The molecule has 1 fully saturated rings. The average Bonchev–Trinajstić information content (AvgIpc) is 2.39. The maximum absolute atomic E-state index is 5.78. The van der Waals surface area contributed by atoms with E-state index >= 15 is 0 Å². The van der Waals surface area contributed by atoms with Crippen LogP contribution >= 0.6 is 0 Å². The highest BCUT2D eigenvalue weighted by atomic mass is 32.1. The van der Waals surface area contributed by atoms with Crippen molar-refractivity contribution in [3.8, 4) is 5.75 Å². The minimum absolute atomic E-state index is 0.0446. The number of rotatable bonds is 5. The molecule has 0 N–H and O–H groups in total. The van der Waals surface area contributed by atoms with Crippen LogP contribution in [0, 0.1) is 0 Å². The summed E-state index contributed by atoms with van der Waals surface area (Å²) in [7, 11) is 0. The van der Waals surface area contributed by atoms with E-state index in [0.29, 0.717) is 0 Å².